The molecule has 2 unspecified atom stereocenters. The fraction of sp³-hybridized carbons (Fsp3) is 0.190. The molecule has 0 aromatic carbocycles. The van der Waals surface area contributed by atoms with E-state index in [4.69, 9.17) is 4.98 Å². The first kappa shape index (κ1) is 26.3. The molecule has 0 amide bonds. The van der Waals surface area contributed by atoms with Gasteiger partial charge >= 0.3 is 18.6 Å². The zero-order valence-electron chi connectivity index (χ0n) is 16.2. The summed E-state index contributed by atoms with van der Waals surface area (Å²) in [6.45, 7) is 4.13. The van der Waals surface area contributed by atoms with E-state index in [1.807, 2.05) is 18.2 Å². The molecule has 1 aromatic rings. The molecular formula is C21H17Cl3N5V. The largest absolute Gasteiger partial charge is 3.00 e. The number of allylic oxidation sites excluding steroid dienone is 4. The summed E-state index contributed by atoms with van der Waals surface area (Å²) in [6, 6.07) is 5.84. The van der Waals surface area contributed by atoms with Gasteiger partial charge in [-0.2, -0.15) is 0 Å². The summed E-state index contributed by atoms with van der Waals surface area (Å²) in [6.07, 6.45) is 12.4. The van der Waals surface area contributed by atoms with Gasteiger partial charge in [0.05, 0.1) is 11.4 Å². The average molecular weight is 497 g/mol. The minimum absolute atomic E-state index is 0. The Morgan fingerprint density at radius 3 is 1.57 bits per heavy atom. The van der Waals surface area contributed by atoms with Gasteiger partial charge in [-0.3, -0.25) is 9.98 Å². The predicted molar refractivity (Wildman–Crippen MR) is 106 cm³/mol. The minimum Gasteiger partial charge on any atom is -1.00 e. The monoisotopic (exact) mass is 495 g/mol. The molecule has 9 heteroatoms. The number of nitrogens with zero attached hydrogens (tertiary/aromatic N) is 5. The van der Waals surface area contributed by atoms with Crippen molar-refractivity contribution in [2.75, 3.05) is 0 Å². The van der Waals surface area contributed by atoms with Crippen molar-refractivity contribution in [3.05, 3.63) is 77.2 Å². The van der Waals surface area contributed by atoms with Gasteiger partial charge < -0.3 is 37.2 Å². The van der Waals surface area contributed by atoms with Gasteiger partial charge in [-0.05, 0) is 49.3 Å². The second kappa shape index (κ2) is 10.5. The summed E-state index contributed by atoms with van der Waals surface area (Å²) in [5.74, 6) is 1.34. The average Bonchev–Trinajstić information content (AvgIpc) is 3.25. The maximum Gasteiger partial charge on any atom is 3.00 e. The van der Waals surface area contributed by atoms with Crippen LogP contribution in [0.4, 0.5) is 0 Å². The standard InChI is InChI=1S/C21H17N5.3ClH.V/c1-12-6-8-14-18(10-12)25-20(23-14)16-4-3-5-17(22-16)21-24-15-9-7-13(2)11-19(15)26-21;;;;/h3-11,14-15H,1-2H3;3*1H;/q;;;;+3/p-3. The summed E-state index contributed by atoms with van der Waals surface area (Å²) < 4.78 is 0. The number of rotatable bonds is 2. The van der Waals surface area contributed by atoms with Crippen molar-refractivity contribution in [1.29, 1.82) is 0 Å². The van der Waals surface area contributed by atoms with Gasteiger partial charge in [0.15, 0.2) is 11.7 Å². The molecule has 1 aromatic heterocycles. The van der Waals surface area contributed by atoms with Crippen LogP contribution in [-0.2, 0) is 18.6 Å². The van der Waals surface area contributed by atoms with E-state index in [0.29, 0.717) is 11.7 Å². The molecule has 4 aliphatic rings. The van der Waals surface area contributed by atoms with Gasteiger partial charge in [-0.1, -0.05) is 30.4 Å². The minimum atomic E-state index is 0. The summed E-state index contributed by atoms with van der Waals surface area (Å²) in [4.78, 5) is 23.4. The third-order valence-electron chi connectivity index (χ3n) is 4.64. The Labute approximate surface area is 206 Å². The van der Waals surface area contributed by atoms with Crippen LogP contribution in [0.15, 0.2) is 85.8 Å². The molecule has 0 saturated heterocycles. The molecule has 2 aliphatic heterocycles. The summed E-state index contributed by atoms with van der Waals surface area (Å²) in [5, 5.41) is 0. The summed E-state index contributed by atoms with van der Waals surface area (Å²) in [5.41, 5.74) is 5.83. The van der Waals surface area contributed by atoms with E-state index >= 15 is 0 Å². The number of fused-ring (bicyclic) bond motifs is 2. The third kappa shape index (κ3) is 4.93. The molecule has 0 spiro atoms. The first-order valence-corrected chi connectivity index (χ1v) is 8.69. The Balaban J connectivity index is 0.00000112. The zero-order valence-corrected chi connectivity index (χ0v) is 19.8. The van der Waals surface area contributed by atoms with Crippen molar-refractivity contribution in [3.63, 3.8) is 0 Å². The van der Waals surface area contributed by atoms with Crippen molar-refractivity contribution in [3.8, 4) is 0 Å². The molecule has 0 fully saturated rings. The fourth-order valence-corrected chi connectivity index (χ4v) is 3.33. The van der Waals surface area contributed by atoms with Gasteiger partial charge in [-0.25, -0.2) is 15.0 Å². The van der Waals surface area contributed by atoms with Crippen LogP contribution in [0, 0.1) is 0 Å². The molecule has 2 aliphatic carbocycles. The third-order valence-corrected chi connectivity index (χ3v) is 4.64. The number of aliphatic imine (C=N–C) groups is 4. The van der Waals surface area contributed by atoms with Gasteiger partial charge in [0, 0.05) is 0 Å². The summed E-state index contributed by atoms with van der Waals surface area (Å²) in [7, 11) is 0. The van der Waals surface area contributed by atoms with Crippen LogP contribution in [0.5, 0.6) is 0 Å². The normalized spacial score (nSPS) is 22.2. The van der Waals surface area contributed by atoms with E-state index in [0.717, 1.165) is 22.8 Å². The molecule has 30 heavy (non-hydrogen) atoms. The van der Waals surface area contributed by atoms with Crippen molar-refractivity contribution < 1.29 is 55.8 Å². The molecule has 152 valence electrons. The van der Waals surface area contributed by atoms with Crippen molar-refractivity contribution in [2.45, 2.75) is 25.9 Å². The van der Waals surface area contributed by atoms with E-state index in [9.17, 15) is 0 Å². The fourth-order valence-electron chi connectivity index (χ4n) is 3.33. The predicted octanol–water partition coefficient (Wildman–Crippen LogP) is -5.74. The molecule has 2 atom stereocenters. The van der Waals surface area contributed by atoms with Crippen LogP contribution in [0.2, 0.25) is 0 Å². The first-order valence-electron chi connectivity index (χ1n) is 8.69. The molecule has 5 rings (SSSR count). The van der Waals surface area contributed by atoms with Crippen LogP contribution in [-0.4, -0.2) is 40.2 Å². The Morgan fingerprint density at radius 1 is 0.700 bits per heavy atom. The zero-order chi connectivity index (χ0) is 17.7. The van der Waals surface area contributed by atoms with Crippen LogP contribution in [0.1, 0.15) is 25.2 Å². The van der Waals surface area contributed by atoms with E-state index in [-0.39, 0.29) is 67.9 Å². The van der Waals surface area contributed by atoms with E-state index < -0.39 is 0 Å². The summed E-state index contributed by atoms with van der Waals surface area (Å²) >= 11 is 0. The van der Waals surface area contributed by atoms with Crippen LogP contribution in [0.25, 0.3) is 0 Å². The van der Waals surface area contributed by atoms with E-state index in [1.54, 1.807) is 0 Å². The molecule has 0 N–H and O–H groups in total. The molecule has 0 bridgehead atoms. The Kier molecular flexibility index (Phi) is 9.21. The number of aromatic nitrogens is 1. The maximum absolute atomic E-state index is 4.73. The SMILES string of the molecule is CC1=CC2=NC(c3cccc(C4=NC5C=CC(C)=CC5=N4)n3)=NC2C=C1.[Cl-].[Cl-].[Cl-].[V+3]. The number of hydrogen-bond donors (Lipinski definition) is 0. The molecule has 0 saturated carbocycles. The molecule has 5 nitrogen and oxygen atoms in total. The van der Waals surface area contributed by atoms with Crippen LogP contribution >= 0.6 is 0 Å². The quantitative estimate of drug-likeness (QED) is 0.403. The number of hydrogen-bond acceptors (Lipinski definition) is 5. The van der Waals surface area contributed by atoms with Crippen molar-refractivity contribution in [2.24, 2.45) is 20.0 Å². The Bertz CT molecular complexity index is 999. The number of halogens is 3. The topological polar surface area (TPSA) is 62.3 Å². The molecule has 0 radical (unpaired) electrons. The number of pyridine rings is 1. The molecule has 3 heterocycles. The molecular weight excluding hydrogens is 480 g/mol. The van der Waals surface area contributed by atoms with Crippen LogP contribution < -0.4 is 37.2 Å². The Morgan fingerprint density at radius 2 is 1.13 bits per heavy atom. The number of amidine groups is 2. The van der Waals surface area contributed by atoms with Gasteiger partial charge in [-0.15, -0.1) is 0 Å². The van der Waals surface area contributed by atoms with E-state index in [2.05, 4.69) is 70.3 Å². The van der Waals surface area contributed by atoms with Gasteiger partial charge in [0.2, 0.25) is 0 Å². The van der Waals surface area contributed by atoms with Crippen molar-refractivity contribution >= 4 is 23.1 Å². The second-order valence-electron chi connectivity index (χ2n) is 6.77. The van der Waals surface area contributed by atoms with Gasteiger partial charge in [0.25, 0.3) is 0 Å². The van der Waals surface area contributed by atoms with Crippen molar-refractivity contribution in [1.82, 2.24) is 4.98 Å². The Hall–Kier alpha value is -1.76. The smallest absolute Gasteiger partial charge is 1.00 e. The van der Waals surface area contributed by atoms with E-state index in [1.165, 1.54) is 11.1 Å². The second-order valence-corrected chi connectivity index (χ2v) is 6.77. The first-order chi connectivity index (χ1) is 12.7. The van der Waals surface area contributed by atoms with Gasteiger partial charge in [0.1, 0.15) is 23.5 Å². The van der Waals surface area contributed by atoms with Crippen LogP contribution in [0.3, 0.4) is 0 Å². The maximum atomic E-state index is 4.73.